The van der Waals surface area contributed by atoms with Crippen LogP contribution in [0.4, 0.5) is 35.1 Å². The van der Waals surface area contributed by atoms with E-state index in [1.54, 1.807) is 0 Å². The summed E-state index contributed by atoms with van der Waals surface area (Å²) in [6.45, 7) is 2.13. The van der Waals surface area contributed by atoms with Crippen LogP contribution in [0, 0.1) is 23.5 Å². The van der Waals surface area contributed by atoms with E-state index in [1.165, 1.54) is 12.1 Å². The molecule has 0 saturated heterocycles. The van der Waals surface area contributed by atoms with E-state index in [9.17, 15) is 35.1 Å². The third-order valence-corrected chi connectivity index (χ3v) is 6.37. The number of ether oxygens (including phenoxy) is 1. The Morgan fingerprint density at radius 2 is 1.47 bits per heavy atom. The Balaban J connectivity index is 1.63. The molecule has 1 unspecified atom stereocenters. The standard InChI is InChI=1S/C25H26F8O/c1-2-3-15-4-8-17(9-5-15)20(26)12-16-6-10-18(11-7-16)25(32,33)34-19-13-21(27)23(22(28)14-19)24(29,30)31/h6-7,10-11,13-15,17,20H,2-5,8-9,12H2,1H3. The number of benzene rings is 2. The summed E-state index contributed by atoms with van der Waals surface area (Å²) < 4.78 is 113. The van der Waals surface area contributed by atoms with Gasteiger partial charge in [0.05, 0.1) is 5.56 Å². The molecule has 1 aliphatic rings. The van der Waals surface area contributed by atoms with Gasteiger partial charge in [0.25, 0.3) is 0 Å². The summed E-state index contributed by atoms with van der Waals surface area (Å²) in [7, 11) is 0. The van der Waals surface area contributed by atoms with E-state index in [0.29, 0.717) is 11.5 Å². The molecule has 0 amide bonds. The van der Waals surface area contributed by atoms with Crippen LogP contribution in [0.2, 0.25) is 0 Å². The first-order valence-electron chi connectivity index (χ1n) is 11.3. The molecule has 9 heteroatoms. The average molecular weight is 494 g/mol. The zero-order valence-electron chi connectivity index (χ0n) is 18.6. The van der Waals surface area contributed by atoms with Crippen molar-refractivity contribution in [3.63, 3.8) is 0 Å². The molecule has 0 aliphatic heterocycles. The van der Waals surface area contributed by atoms with E-state index in [0.717, 1.165) is 50.7 Å². The second-order valence-corrected chi connectivity index (χ2v) is 8.87. The van der Waals surface area contributed by atoms with E-state index in [1.807, 2.05) is 0 Å². The highest BCUT2D eigenvalue weighted by Gasteiger charge is 2.40. The van der Waals surface area contributed by atoms with Crippen LogP contribution in [0.3, 0.4) is 0 Å². The fourth-order valence-electron chi connectivity index (χ4n) is 4.56. The van der Waals surface area contributed by atoms with Gasteiger partial charge >= 0.3 is 12.3 Å². The van der Waals surface area contributed by atoms with Crippen LogP contribution in [0.15, 0.2) is 36.4 Å². The van der Waals surface area contributed by atoms with E-state index >= 15 is 0 Å². The Morgan fingerprint density at radius 1 is 0.912 bits per heavy atom. The minimum absolute atomic E-state index is 0.0527. The van der Waals surface area contributed by atoms with Crippen molar-refractivity contribution in [2.24, 2.45) is 11.8 Å². The molecule has 0 radical (unpaired) electrons. The first-order valence-corrected chi connectivity index (χ1v) is 11.3. The largest absolute Gasteiger partial charge is 0.429 e. The summed E-state index contributed by atoms with van der Waals surface area (Å²) >= 11 is 0. The lowest BCUT2D eigenvalue weighted by molar-refractivity contribution is -0.185. The SMILES string of the molecule is CCCC1CCC(C(F)Cc2ccc(C(F)(F)Oc3cc(F)c(C(F)(F)F)c(F)c3)cc2)CC1. The van der Waals surface area contributed by atoms with Crippen molar-refractivity contribution in [3.05, 3.63) is 64.7 Å². The summed E-state index contributed by atoms with van der Waals surface area (Å²) in [5.74, 6) is -4.65. The fraction of sp³-hybridized carbons (Fsp3) is 0.520. The lowest BCUT2D eigenvalue weighted by atomic mass is 9.77. The predicted octanol–water partition coefficient (Wildman–Crippen LogP) is 8.60. The van der Waals surface area contributed by atoms with Crippen molar-refractivity contribution in [1.29, 1.82) is 0 Å². The van der Waals surface area contributed by atoms with E-state index in [2.05, 4.69) is 11.7 Å². The molecule has 0 aromatic heterocycles. The van der Waals surface area contributed by atoms with Crippen LogP contribution in [-0.2, 0) is 18.7 Å². The summed E-state index contributed by atoms with van der Waals surface area (Å²) in [5, 5.41) is 0. The Kier molecular flexibility index (Phi) is 8.14. The van der Waals surface area contributed by atoms with Gasteiger partial charge in [-0.3, -0.25) is 0 Å². The van der Waals surface area contributed by atoms with Gasteiger partial charge in [0.1, 0.15) is 29.1 Å². The van der Waals surface area contributed by atoms with Gasteiger partial charge in [-0.05, 0) is 42.4 Å². The van der Waals surface area contributed by atoms with Gasteiger partial charge in [-0.15, -0.1) is 0 Å². The number of hydrogen-bond acceptors (Lipinski definition) is 1. The van der Waals surface area contributed by atoms with Crippen LogP contribution in [0.25, 0.3) is 0 Å². The molecule has 1 fully saturated rings. The zero-order chi connectivity index (χ0) is 25.1. The van der Waals surface area contributed by atoms with Crippen molar-refractivity contribution < 1.29 is 39.9 Å². The number of alkyl halides is 6. The highest BCUT2D eigenvalue weighted by Crippen LogP contribution is 2.39. The van der Waals surface area contributed by atoms with Gasteiger partial charge in [0, 0.05) is 18.6 Å². The van der Waals surface area contributed by atoms with Gasteiger partial charge in [0.15, 0.2) is 0 Å². The molecule has 34 heavy (non-hydrogen) atoms. The van der Waals surface area contributed by atoms with Crippen molar-refractivity contribution >= 4 is 0 Å². The lowest BCUT2D eigenvalue weighted by Crippen LogP contribution is -2.25. The molecule has 0 N–H and O–H groups in total. The molecule has 3 rings (SSSR count). The molecule has 0 spiro atoms. The van der Waals surface area contributed by atoms with Crippen LogP contribution in [-0.4, -0.2) is 6.17 Å². The quantitative estimate of drug-likeness (QED) is 0.334. The van der Waals surface area contributed by atoms with Crippen molar-refractivity contribution in [2.75, 3.05) is 0 Å². The third kappa shape index (κ3) is 6.42. The fourth-order valence-corrected chi connectivity index (χ4v) is 4.56. The highest BCUT2D eigenvalue weighted by molar-refractivity contribution is 5.33. The second-order valence-electron chi connectivity index (χ2n) is 8.87. The minimum atomic E-state index is -5.33. The Hall–Kier alpha value is -2.32. The lowest BCUT2D eigenvalue weighted by Gasteiger charge is -2.30. The highest BCUT2D eigenvalue weighted by atomic mass is 19.4. The zero-order valence-corrected chi connectivity index (χ0v) is 18.6. The van der Waals surface area contributed by atoms with Crippen LogP contribution < -0.4 is 4.74 Å². The second kappa shape index (κ2) is 10.5. The summed E-state index contributed by atoms with van der Waals surface area (Å²) in [6.07, 6.45) is -4.58. The maximum absolute atomic E-state index is 14.8. The van der Waals surface area contributed by atoms with Gasteiger partial charge < -0.3 is 4.74 Å². The van der Waals surface area contributed by atoms with Gasteiger partial charge in [-0.25, -0.2) is 13.2 Å². The normalized spacial score (nSPS) is 20.3. The van der Waals surface area contributed by atoms with Crippen LogP contribution >= 0.6 is 0 Å². The van der Waals surface area contributed by atoms with Crippen molar-refractivity contribution in [1.82, 2.24) is 0 Å². The molecule has 0 heterocycles. The Labute approximate surface area is 193 Å². The first-order chi connectivity index (χ1) is 15.9. The molecule has 1 aliphatic carbocycles. The molecule has 188 valence electrons. The summed E-state index contributed by atoms with van der Waals surface area (Å²) in [6, 6.07) is 4.73. The van der Waals surface area contributed by atoms with Crippen molar-refractivity contribution in [3.8, 4) is 5.75 Å². The molecular weight excluding hydrogens is 468 g/mol. The molecule has 0 bridgehead atoms. The van der Waals surface area contributed by atoms with Gasteiger partial charge in [0.2, 0.25) is 0 Å². The molecule has 1 saturated carbocycles. The number of halogens is 8. The van der Waals surface area contributed by atoms with Crippen LogP contribution in [0.5, 0.6) is 5.75 Å². The predicted molar refractivity (Wildman–Crippen MR) is 111 cm³/mol. The van der Waals surface area contributed by atoms with E-state index in [4.69, 9.17) is 0 Å². The van der Waals surface area contributed by atoms with E-state index in [-0.39, 0.29) is 24.5 Å². The van der Waals surface area contributed by atoms with Crippen LogP contribution in [0.1, 0.15) is 62.1 Å². The van der Waals surface area contributed by atoms with E-state index < -0.39 is 47.0 Å². The molecule has 2 aromatic carbocycles. The third-order valence-electron chi connectivity index (χ3n) is 6.37. The Morgan fingerprint density at radius 3 is 1.97 bits per heavy atom. The maximum Gasteiger partial charge on any atom is 0.426 e. The van der Waals surface area contributed by atoms with Gasteiger partial charge in [-0.1, -0.05) is 44.7 Å². The molecular formula is C25H26F8O. The monoisotopic (exact) mass is 494 g/mol. The molecule has 2 aromatic rings. The maximum atomic E-state index is 14.8. The molecule has 1 atom stereocenters. The first kappa shape index (κ1) is 26.3. The summed E-state index contributed by atoms with van der Waals surface area (Å²) in [5.41, 5.74) is -2.37. The Bertz CT molecular complexity index is 923. The minimum Gasteiger partial charge on any atom is -0.429 e. The molecule has 1 nitrogen and oxygen atoms in total. The topological polar surface area (TPSA) is 9.23 Å². The van der Waals surface area contributed by atoms with Gasteiger partial charge in [-0.2, -0.15) is 22.0 Å². The number of hydrogen-bond donors (Lipinski definition) is 0. The average Bonchev–Trinajstić information content (AvgIpc) is 2.73. The smallest absolute Gasteiger partial charge is 0.426 e. The number of rotatable bonds is 8. The summed E-state index contributed by atoms with van der Waals surface area (Å²) in [4.78, 5) is 0. The van der Waals surface area contributed by atoms with Crippen molar-refractivity contribution in [2.45, 2.75) is 70.3 Å².